The molecule has 4 nitrogen and oxygen atoms in total. The van der Waals surface area contributed by atoms with Crippen LogP contribution in [0.2, 0.25) is 0 Å². The third-order valence-electron chi connectivity index (χ3n) is 1.81. The Labute approximate surface area is 85.8 Å². The van der Waals surface area contributed by atoms with Crippen molar-refractivity contribution >= 4 is 17.2 Å². The normalized spacial score (nSPS) is 10.1. The zero-order valence-corrected chi connectivity index (χ0v) is 8.51. The molecule has 0 amide bonds. The van der Waals surface area contributed by atoms with E-state index < -0.39 is 0 Å². The van der Waals surface area contributed by atoms with E-state index in [4.69, 9.17) is 5.84 Å². The van der Waals surface area contributed by atoms with Crippen LogP contribution in [-0.4, -0.2) is 10.2 Å². The van der Waals surface area contributed by atoms with Gasteiger partial charge in [0.25, 0.3) is 0 Å². The Morgan fingerprint density at radius 2 is 2.07 bits per heavy atom. The second kappa shape index (κ2) is 3.73. The van der Waals surface area contributed by atoms with Crippen LogP contribution >= 0.6 is 11.3 Å². The zero-order chi connectivity index (χ0) is 9.97. The number of aromatic nitrogens is 2. The van der Waals surface area contributed by atoms with Gasteiger partial charge < -0.3 is 5.43 Å². The highest BCUT2D eigenvalue weighted by atomic mass is 32.1. The fourth-order valence-electron chi connectivity index (χ4n) is 1.11. The average Bonchev–Trinajstić information content (AvgIpc) is 2.65. The highest BCUT2D eigenvalue weighted by Crippen LogP contribution is 2.25. The van der Waals surface area contributed by atoms with Gasteiger partial charge in [-0.1, -0.05) is 0 Å². The quantitative estimate of drug-likeness (QED) is 0.581. The van der Waals surface area contributed by atoms with E-state index in [0.717, 1.165) is 10.6 Å². The first-order valence-corrected chi connectivity index (χ1v) is 4.98. The van der Waals surface area contributed by atoms with Crippen LogP contribution in [0.25, 0.3) is 10.6 Å². The van der Waals surface area contributed by atoms with Gasteiger partial charge in [-0.3, -0.25) is 0 Å². The molecular weight excluding hydrogens is 196 g/mol. The van der Waals surface area contributed by atoms with Gasteiger partial charge >= 0.3 is 0 Å². The number of nitrogens with two attached hydrogens (primary N) is 1. The highest BCUT2D eigenvalue weighted by Gasteiger charge is 2.02. The monoisotopic (exact) mass is 206 g/mol. The molecule has 0 atom stereocenters. The Morgan fingerprint density at radius 1 is 1.21 bits per heavy atom. The van der Waals surface area contributed by atoms with E-state index >= 15 is 0 Å². The van der Waals surface area contributed by atoms with E-state index in [2.05, 4.69) is 28.6 Å². The van der Waals surface area contributed by atoms with Crippen molar-refractivity contribution in [2.24, 2.45) is 5.84 Å². The number of hydrazine groups is 1. The SMILES string of the molecule is Cc1ccc(-c2ccc(NN)nn2)s1. The minimum Gasteiger partial charge on any atom is -0.307 e. The number of aryl methyl sites for hydroxylation is 1. The van der Waals surface area contributed by atoms with E-state index in [1.807, 2.05) is 12.1 Å². The second-order valence-electron chi connectivity index (χ2n) is 2.86. The van der Waals surface area contributed by atoms with Crippen molar-refractivity contribution < 1.29 is 0 Å². The third-order valence-corrected chi connectivity index (χ3v) is 2.83. The molecular formula is C9H10N4S. The highest BCUT2D eigenvalue weighted by molar-refractivity contribution is 7.15. The topological polar surface area (TPSA) is 63.8 Å². The summed E-state index contributed by atoms with van der Waals surface area (Å²) in [5.41, 5.74) is 3.32. The van der Waals surface area contributed by atoms with Crippen molar-refractivity contribution in [3.63, 3.8) is 0 Å². The molecule has 0 aliphatic rings. The average molecular weight is 206 g/mol. The number of nitrogens with zero attached hydrogens (tertiary/aromatic N) is 2. The van der Waals surface area contributed by atoms with Gasteiger partial charge in [0.15, 0.2) is 5.82 Å². The molecule has 0 radical (unpaired) electrons. The first-order chi connectivity index (χ1) is 6.79. The molecule has 14 heavy (non-hydrogen) atoms. The van der Waals surface area contributed by atoms with Gasteiger partial charge in [0.1, 0.15) is 5.69 Å². The van der Waals surface area contributed by atoms with Gasteiger partial charge in [-0.05, 0) is 31.2 Å². The van der Waals surface area contributed by atoms with Crippen molar-refractivity contribution in [1.29, 1.82) is 0 Å². The lowest BCUT2D eigenvalue weighted by Crippen LogP contribution is -2.08. The van der Waals surface area contributed by atoms with Crippen LogP contribution in [0.3, 0.4) is 0 Å². The maximum Gasteiger partial charge on any atom is 0.162 e. The Bertz CT molecular complexity index is 421. The molecule has 0 spiro atoms. The first-order valence-electron chi connectivity index (χ1n) is 4.17. The van der Waals surface area contributed by atoms with Crippen LogP contribution in [0.1, 0.15) is 4.88 Å². The summed E-state index contributed by atoms with van der Waals surface area (Å²) < 4.78 is 0. The minimum atomic E-state index is 0.571. The predicted octanol–water partition coefficient (Wildman–Crippen LogP) is 1.80. The summed E-state index contributed by atoms with van der Waals surface area (Å²) in [6, 6.07) is 7.81. The molecule has 0 saturated heterocycles. The Balaban J connectivity index is 2.33. The number of nitrogen functional groups attached to an aromatic ring is 1. The van der Waals surface area contributed by atoms with Gasteiger partial charge in [0.2, 0.25) is 0 Å². The Kier molecular flexibility index (Phi) is 2.43. The van der Waals surface area contributed by atoms with Gasteiger partial charge in [0.05, 0.1) is 4.88 Å². The van der Waals surface area contributed by atoms with Crippen molar-refractivity contribution in [2.45, 2.75) is 6.92 Å². The van der Waals surface area contributed by atoms with Crippen LogP contribution < -0.4 is 11.3 Å². The Hall–Kier alpha value is -1.46. The molecule has 2 aromatic heterocycles. The van der Waals surface area contributed by atoms with Crippen LogP contribution in [0.15, 0.2) is 24.3 Å². The number of hydrogen-bond acceptors (Lipinski definition) is 5. The maximum absolute atomic E-state index is 5.19. The van der Waals surface area contributed by atoms with Crippen molar-refractivity contribution in [2.75, 3.05) is 5.43 Å². The van der Waals surface area contributed by atoms with E-state index in [-0.39, 0.29) is 0 Å². The number of hydrogen-bond donors (Lipinski definition) is 2. The summed E-state index contributed by atoms with van der Waals surface area (Å²) in [4.78, 5) is 2.39. The van der Waals surface area contributed by atoms with Gasteiger partial charge in [-0.2, -0.15) is 0 Å². The lowest BCUT2D eigenvalue weighted by molar-refractivity contribution is 1.03. The van der Waals surface area contributed by atoms with Crippen LogP contribution in [0.4, 0.5) is 5.82 Å². The van der Waals surface area contributed by atoms with E-state index in [0.29, 0.717) is 5.82 Å². The van der Waals surface area contributed by atoms with Crippen molar-refractivity contribution in [3.8, 4) is 10.6 Å². The standard InChI is InChI=1S/C9H10N4S/c1-6-2-4-8(14-6)7-3-5-9(11-10)13-12-7/h2-5H,10H2,1H3,(H,11,13). The first kappa shape index (κ1) is 9.11. The van der Waals surface area contributed by atoms with Crippen LogP contribution in [-0.2, 0) is 0 Å². The molecule has 0 aliphatic carbocycles. The number of nitrogens with one attached hydrogen (secondary N) is 1. The number of thiophene rings is 1. The largest absolute Gasteiger partial charge is 0.307 e. The third kappa shape index (κ3) is 1.73. The van der Waals surface area contributed by atoms with Gasteiger partial charge in [0, 0.05) is 4.88 Å². The summed E-state index contributed by atoms with van der Waals surface area (Å²) >= 11 is 1.70. The van der Waals surface area contributed by atoms with Crippen LogP contribution in [0.5, 0.6) is 0 Å². The van der Waals surface area contributed by atoms with E-state index in [1.165, 1.54) is 4.88 Å². The molecule has 72 valence electrons. The van der Waals surface area contributed by atoms with E-state index in [1.54, 1.807) is 17.4 Å². The molecule has 2 aromatic rings. The molecule has 0 bridgehead atoms. The fourth-order valence-corrected chi connectivity index (χ4v) is 1.95. The molecule has 0 aliphatic heterocycles. The predicted molar refractivity (Wildman–Crippen MR) is 57.9 cm³/mol. The summed E-state index contributed by atoms with van der Waals surface area (Å²) in [6.07, 6.45) is 0. The molecule has 0 unspecified atom stereocenters. The van der Waals surface area contributed by atoms with Crippen molar-refractivity contribution in [3.05, 3.63) is 29.1 Å². The fraction of sp³-hybridized carbons (Fsp3) is 0.111. The summed E-state index contributed by atoms with van der Waals surface area (Å²) in [5.74, 6) is 5.76. The lowest BCUT2D eigenvalue weighted by Gasteiger charge is -1.98. The minimum absolute atomic E-state index is 0.571. The second-order valence-corrected chi connectivity index (χ2v) is 4.15. The molecule has 2 rings (SSSR count). The molecule has 2 heterocycles. The lowest BCUT2D eigenvalue weighted by atomic mass is 10.3. The molecule has 3 N–H and O–H groups in total. The maximum atomic E-state index is 5.19. The zero-order valence-electron chi connectivity index (χ0n) is 7.69. The van der Waals surface area contributed by atoms with Crippen molar-refractivity contribution in [1.82, 2.24) is 10.2 Å². The number of rotatable bonds is 2. The van der Waals surface area contributed by atoms with Gasteiger partial charge in [-0.25, -0.2) is 5.84 Å². The van der Waals surface area contributed by atoms with E-state index in [9.17, 15) is 0 Å². The molecule has 0 fully saturated rings. The smallest absolute Gasteiger partial charge is 0.162 e. The number of anilines is 1. The summed E-state index contributed by atoms with van der Waals surface area (Å²) in [6.45, 7) is 2.07. The Morgan fingerprint density at radius 3 is 2.57 bits per heavy atom. The molecule has 0 aromatic carbocycles. The molecule has 0 saturated carbocycles. The van der Waals surface area contributed by atoms with Crippen LogP contribution in [0, 0.1) is 6.92 Å². The van der Waals surface area contributed by atoms with Gasteiger partial charge in [-0.15, -0.1) is 21.5 Å². The molecule has 5 heteroatoms. The summed E-state index contributed by atoms with van der Waals surface area (Å²) in [7, 11) is 0. The summed E-state index contributed by atoms with van der Waals surface area (Å²) in [5, 5.41) is 7.95.